The molecule has 1 atom stereocenters. The SMILES string of the molecule is [C-]#[N+]CC(=O)OC(CCC)CC(=O)OCC. The molecule has 0 saturated heterocycles. The summed E-state index contributed by atoms with van der Waals surface area (Å²) in [6.45, 7) is 10.2. The second-order valence-corrected chi connectivity index (χ2v) is 3.23. The predicted octanol–water partition coefficient (Wildman–Crippen LogP) is 1.57. The molecule has 0 saturated carbocycles. The summed E-state index contributed by atoms with van der Waals surface area (Å²) in [5, 5.41) is 0. The van der Waals surface area contributed by atoms with Gasteiger partial charge in [0.05, 0.1) is 13.0 Å². The van der Waals surface area contributed by atoms with E-state index in [1.165, 1.54) is 0 Å². The lowest BCUT2D eigenvalue weighted by atomic mass is 10.1. The van der Waals surface area contributed by atoms with Gasteiger partial charge in [-0.1, -0.05) is 13.3 Å². The van der Waals surface area contributed by atoms with Crippen LogP contribution in [0.4, 0.5) is 0 Å². The Morgan fingerprint density at radius 2 is 2.00 bits per heavy atom. The van der Waals surface area contributed by atoms with E-state index in [9.17, 15) is 9.59 Å². The zero-order valence-electron chi connectivity index (χ0n) is 9.69. The highest BCUT2D eigenvalue weighted by Gasteiger charge is 2.19. The number of rotatable bonds is 7. The lowest BCUT2D eigenvalue weighted by Gasteiger charge is -2.14. The molecule has 0 aromatic rings. The number of esters is 2. The molecule has 0 rings (SSSR count). The summed E-state index contributed by atoms with van der Waals surface area (Å²) < 4.78 is 9.76. The molecule has 16 heavy (non-hydrogen) atoms. The van der Waals surface area contributed by atoms with Gasteiger partial charge in [-0.25, -0.2) is 11.4 Å². The molecular weight excluding hydrogens is 210 g/mol. The first-order chi connectivity index (χ1) is 7.63. The Balaban J connectivity index is 4.11. The second-order valence-electron chi connectivity index (χ2n) is 3.23. The Morgan fingerprint density at radius 1 is 1.31 bits per heavy atom. The average molecular weight is 227 g/mol. The van der Waals surface area contributed by atoms with Crippen molar-refractivity contribution < 1.29 is 19.1 Å². The fourth-order valence-corrected chi connectivity index (χ4v) is 1.22. The highest BCUT2D eigenvalue weighted by Crippen LogP contribution is 2.08. The smallest absolute Gasteiger partial charge is 0.387 e. The van der Waals surface area contributed by atoms with Crippen molar-refractivity contribution in [1.29, 1.82) is 0 Å². The van der Waals surface area contributed by atoms with Crippen LogP contribution in [0.25, 0.3) is 4.85 Å². The maximum absolute atomic E-state index is 11.2. The van der Waals surface area contributed by atoms with E-state index in [-0.39, 0.29) is 18.9 Å². The number of hydrogen-bond donors (Lipinski definition) is 0. The van der Waals surface area contributed by atoms with Crippen molar-refractivity contribution in [2.24, 2.45) is 0 Å². The Hall–Kier alpha value is -1.57. The van der Waals surface area contributed by atoms with E-state index in [0.717, 1.165) is 6.42 Å². The molecule has 0 heterocycles. The third-order valence-corrected chi connectivity index (χ3v) is 1.82. The van der Waals surface area contributed by atoms with Crippen LogP contribution in [0.1, 0.15) is 33.1 Å². The number of carbonyl (C=O) groups is 2. The second kappa shape index (κ2) is 8.72. The normalized spacial score (nSPS) is 11.3. The molecule has 0 spiro atoms. The van der Waals surface area contributed by atoms with Crippen LogP contribution in [0.15, 0.2) is 0 Å². The van der Waals surface area contributed by atoms with Gasteiger partial charge in [0.15, 0.2) is 0 Å². The number of nitrogens with zero attached hydrogens (tertiary/aromatic N) is 1. The van der Waals surface area contributed by atoms with Crippen molar-refractivity contribution in [2.45, 2.75) is 39.2 Å². The summed E-state index contributed by atoms with van der Waals surface area (Å²) in [5.74, 6) is -0.964. The first-order valence-electron chi connectivity index (χ1n) is 5.32. The quantitative estimate of drug-likeness (QED) is 0.489. The molecular formula is C11H17NO4. The molecule has 0 aliphatic carbocycles. The summed E-state index contributed by atoms with van der Waals surface area (Å²) in [5.41, 5.74) is 0. The van der Waals surface area contributed by atoms with Gasteiger partial charge in [-0.3, -0.25) is 4.79 Å². The van der Waals surface area contributed by atoms with Gasteiger partial charge >= 0.3 is 18.5 Å². The molecule has 5 heteroatoms. The summed E-state index contributed by atoms with van der Waals surface area (Å²) in [6, 6.07) is 0. The maximum Gasteiger partial charge on any atom is 0.387 e. The van der Waals surface area contributed by atoms with Crippen molar-refractivity contribution in [3.63, 3.8) is 0 Å². The molecule has 0 fully saturated rings. The first-order valence-corrected chi connectivity index (χ1v) is 5.32. The van der Waals surface area contributed by atoms with Gasteiger partial charge in [0, 0.05) is 0 Å². The standard InChI is InChI=1S/C11H17NO4/c1-4-6-9(7-10(13)15-5-2)16-11(14)8-12-3/h9H,4-8H2,1-2H3. The first kappa shape index (κ1) is 14.4. The van der Waals surface area contributed by atoms with E-state index in [4.69, 9.17) is 16.0 Å². The number of ether oxygens (including phenoxy) is 2. The topological polar surface area (TPSA) is 57.0 Å². The summed E-state index contributed by atoms with van der Waals surface area (Å²) >= 11 is 0. The van der Waals surface area contributed by atoms with Gasteiger partial charge in [0.2, 0.25) is 0 Å². The Morgan fingerprint density at radius 3 is 2.50 bits per heavy atom. The number of carbonyl (C=O) groups excluding carboxylic acids is 2. The van der Waals surface area contributed by atoms with Gasteiger partial charge < -0.3 is 14.3 Å². The van der Waals surface area contributed by atoms with E-state index in [0.29, 0.717) is 13.0 Å². The fraction of sp³-hybridized carbons (Fsp3) is 0.727. The summed E-state index contributed by atoms with van der Waals surface area (Å²) in [4.78, 5) is 25.2. The largest absolute Gasteiger partial charge is 0.466 e. The molecule has 5 nitrogen and oxygen atoms in total. The van der Waals surface area contributed by atoms with Crippen LogP contribution in [0.5, 0.6) is 0 Å². The van der Waals surface area contributed by atoms with Crippen molar-refractivity contribution in [1.82, 2.24) is 0 Å². The Bertz CT molecular complexity index is 270. The van der Waals surface area contributed by atoms with Crippen LogP contribution >= 0.6 is 0 Å². The van der Waals surface area contributed by atoms with Crippen molar-refractivity contribution in [2.75, 3.05) is 13.2 Å². The molecule has 0 bridgehead atoms. The van der Waals surface area contributed by atoms with Crippen LogP contribution in [0.2, 0.25) is 0 Å². The maximum atomic E-state index is 11.2. The minimum Gasteiger partial charge on any atom is -0.466 e. The van der Waals surface area contributed by atoms with E-state index >= 15 is 0 Å². The highest BCUT2D eigenvalue weighted by atomic mass is 16.6. The third-order valence-electron chi connectivity index (χ3n) is 1.82. The van der Waals surface area contributed by atoms with Gasteiger partial charge in [0.25, 0.3) is 0 Å². The zero-order valence-corrected chi connectivity index (χ0v) is 9.69. The lowest BCUT2D eigenvalue weighted by molar-refractivity contribution is -0.153. The molecule has 1 unspecified atom stereocenters. The fourth-order valence-electron chi connectivity index (χ4n) is 1.22. The van der Waals surface area contributed by atoms with Gasteiger partial charge in [-0.15, -0.1) is 0 Å². The van der Waals surface area contributed by atoms with Crippen LogP contribution in [0, 0.1) is 6.57 Å². The van der Waals surface area contributed by atoms with Crippen LogP contribution in [-0.2, 0) is 19.1 Å². The van der Waals surface area contributed by atoms with Crippen molar-refractivity contribution in [3.05, 3.63) is 11.4 Å². The van der Waals surface area contributed by atoms with Crippen molar-refractivity contribution >= 4 is 11.9 Å². The molecule has 0 amide bonds. The Kier molecular flexibility index (Phi) is 7.86. The average Bonchev–Trinajstić information content (AvgIpc) is 2.18. The zero-order chi connectivity index (χ0) is 12.4. The van der Waals surface area contributed by atoms with Gasteiger partial charge in [-0.2, -0.15) is 0 Å². The van der Waals surface area contributed by atoms with Crippen LogP contribution in [-0.4, -0.2) is 31.2 Å². The van der Waals surface area contributed by atoms with E-state index in [1.54, 1.807) is 6.92 Å². The summed E-state index contributed by atoms with van der Waals surface area (Å²) in [6.07, 6.45) is 0.988. The monoisotopic (exact) mass is 227 g/mol. The van der Waals surface area contributed by atoms with Crippen LogP contribution in [0.3, 0.4) is 0 Å². The summed E-state index contributed by atoms with van der Waals surface area (Å²) in [7, 11) is 0. The highest BCUT2D eigenvalue weighted by molar-refractivity contribution is 5.74. The Labute approximate surface area is 95.5 Å². The van der Waals surface area contributed by atoms with Gasteiger partial charge in [0.1, 0.15) is 6.10 Å². The van der Waals surface area contributed by atoms with Crippen LogP contribution < -0.4 is 0 Å². The lowest BCUT2D eigenvalue weighted by Crippen LogP contribution is -2.23. The van der Waals surface area contributed by atoms with Crippen molar-refractivity contribution in [3.8, 4) is 0 Å². The molecule has 0 aliphatic rings. The van der Waals surface area contributed by atoms with E-state index in [2.05, 4.69) is 4.85 Å². The molecule has 0 N–H and O–H groups in total. The molecule has 0 aliphatic heterocycles. The molecule has 0 aromatic heterocycles. The molecule has 90 valence electrons. The minimum atomic E-state index is -0.585. The van der Waals surface area contributed by atoms with E-state index < -0.39 is 12.1 Å². The third kappa shape index (κ3) is 6.82. The number of hydrogen-bond acceptors (Lipinski definition) is 4. The van der Waals surface area contributed by atoms with E-state index in [1.807, 2.05) is 6.92 Å². The predicted molar refractivity (Wildman–Crippen MR) is 57.5 cm³/mol. The van der Waals surface area contributed by atoms with Gasteiger partial charge in [-0.05, 0) is 13.3 Å². The molecule has 0 radical (unpaired) electrons. The molecule has 0 aromatic carbocycles. The minimum absolute atomic E-state index is 0.0609.